The molecule has 30 heteroatoms. The Balaban J connectivity index is 1.09. The van der Waals surface area contributed by atoms with Crippen molar-refractivity contribution in [3.05, 3.63) is 39.2 Å². The van der Waals surface area contributed by atoms with Gasteiger partial charge in [0.1, 0.15) is 42.4 Å². The molecule has 0 radical (unpaired) electrons. The summed E-state index contributed by atoms with van der Waals surface area (Å²) in [6.07, 6.45) is -8.78. The van der Waals surface area contributed by atoms with Crippen LogP contribution in [0.15, 0.2) is 22.2 Å². The molecule has 9 N–H and O–H groups in total. The fourth-order valence-electron chi connectivity index (χ4n) is 6.28. The van der Waals surface area contributed by atoms with E-state index in [-0.39, 0.29) is 34.1 Å². The molecule has 27 nitrogen and oxygen atoms in total. The quantitative estimate of drug-likeness (QED) is 0.0486. The monoisotopic (exact) mass is 858 g/mol. The maximum atomic E-state index is 12.8. The van der Waals surface area contributed by atoms with Crippen molar-refractivity contribution in [3.8, 4) is 0 Å². The number of fused-ring (bicyclic) bond motifs is 2. The minimum Gasteiger partial charge on any atom is -0.386 e. The third kappa shape index (κ3) is 8.73. The highest BCUT2D eigenvalue weighted by atomic mass is 31.3. The summed E-state index contributed by atoms with van der Waals surface area (Å²) in [4.78, 5) is 72.6. The molecule has 0 saturated carbocycles. The maximum absolute atomic E-state index is 12.8. The highest BCUT2D eigenvalue weighted by Crippen LogP contribution is 2.68. The normalized spacial score (nSPS) is 28.9. The number of hydrogen-bond acceptors (Lipinski definition) is 19. The largest absolute Gasteiger partial charge is 0.490 e. The number of nitrogens with one attached hydrogen (secondary N) is 2. The number of nitrogens with two attached hydrogens (primary N) is 1. The van der Waals surface area contributed by atoms with Gasteiger partial charge < -0.3 is 54.6 Å². The zero-order chi connectivity index (χ0) is 41.1. The number of aromatic nitrogens is 8. The van der Waals surface area contributed by atoms with E-state index in [4.69, 9.17) is 33.7 Å². The molecule has 56 heavy (non-hydrogen) atoms. The van der Waals surface area contributed by atoms with Gasteiger partial charge in [-0.2, -0.15) is 8.62 Å². The molecule has 11 atom stereocenters. The molecule has 0 bridgehead atoms. The standard InChI is InChI=1S/C26H38N9O18P3/c1-10(2)49-19-13(51-24(17(19)37)34-8-28-14-20(34)29-11(3)30-22(14)38)7-48-55(42,43)53-56(44,45)52-54(40,41)47-6-12-18(46-5)16(36)25(50-12)35-9-33(4)15-21(35)31-26(27)32-23(15)39/h8-10,12-13,16-19,24-25,36-37H,6-7H2,1-5H3,(H6-,27,29,30,31,32,38,39,40,41,42,43,44,45)/p+1/t12-,13-,16+,17+,18?,19?,24-,25-/m1/s1. The van der Waals surface area contributed by atoms with E-state index >= 15 is 0 Å². The van der Waals surface area contributed by atoms with E-state index in [2.05, 4.69) is 33.5 Å². The molecule has 0 amide bonds. The lowest BCUT2D eigenvalue weighted by Crippen LogP contribution is -2.46. The number of hydrogen-bond donors (Lipinski definition) is 8. The SMILES string of the molecule is COC1[C@@H](COP(=O)(O)OP(=O)(O)OP(=O)(O)OC[C@H]2O[C@@H](n3cnc4c(=O)[nH]c(C)nc43)[C@@H](O)C2OC(C)C)O[C@@H]([n+]2cn(C)c3c(=O)[nH]c(N)nc32)[C@H]1O. The molecular weight excluding hydrogens is 819 g/mol. The highest BCUT2D eigenvalue weighted by Gasteiger charge is 2.51. The van der Waals surface area contributed by atoms with E-state index in [0.29, 0.717) is 0 Å². The number of H-pyrrole nitrogens is 2. The molecule has 5 unspecified atom stereocenters. The van der Waals surface area contributed by atoms with Crippen LogP contribution in [0.25, 0.3) is 22.3 Å². The molecule has 6 rings (SSSR count). The van der Waals surface area contributed by atoms with Crippen molar-refractivity contribution in [2.45, 2.75) is 76.0 Å². The number of aromatic amines is 2. The Morgan fingerprint density at radius 1 is 0.946 bits per heavy atom. The number of nitrogens with zero attached hydrogens (tertiary/aromatic N) is 6. The van der Waals surface area contributed by atoms with Crippen LogP contribution in [-0.4, -0.2) is 122 Å². The highest BCUT2D eigenvalue weighted by molar-refractivity contribution is 7.66. The van der Waals surface area contributed by atoms with E-state index in [1.807, 2.05) is 0 Å². The van der Waals surface area contributed by atoms with Crippen molar-refractivity contribution in [1.82, 2.24) is 34.1 Å². The van der Waals surface area contributed by atoms with Gasteiger partial charge in [-0.15, -0.1) is 0 Å². The fraction of sp³-hybridized carbons (Fsp3) is 0.615. The third-order valence-electron chi connectivity index (χ3n) is 8.43. The second-order valence-electron chi connectivity index (χ2n) is 12.9. The van der Waals surface area contributed by atoms with E-state index in [0.717, 1.165) is 0 Å². The van der Waals surface area contributed by atoms with Crippen molar-refractivity contribution in [2.75, 3.05) is 26.1 Å². The first-order valence-electron chi connectivity index (χ1n) is 16.3. The van der Waals surface area contributed by atoms with Gasteiger partial charge >= 0.3 is 29.1 Å². The number of aliphatic hydroxyl groups excluding tert-OH is 2. The van der Waals surface area contributed by atoms with Crippen LogP contribution in [0.2, 0.25) is 0 Å². The van der Waals surface area contributed by atoms with E-state index < -0.39 is 103 Å². The number of ether oxygens (including phenoxy) is 4. The Bertz CT molecular complexity index is 2370. The molecule has 6 heterocycles. The molecule has 2 aliphatic rings. The summed E-state index contributed by atoms with van der Waals surface area (Å²) < 4.78 is 82.8. The lowest BCUT2D eigenvalue weighted by Gasteiger charge is -2.24. The van der Waals surface area contributed by atoms with Crippen LogP contribution in [0, 0.1) is 6.92 Å². The molecule has 2 aliphatic heterocycles. The number of nitrogen functional groups attached to an aromatic ring is 1. The van der Waals surface area contributed by atoms with Crippen LogP contribution < -0.4 is 21.4 Å². The van der Waals surface area contributed by atoms with Crippen molar-refractivity contribution in [2.24, 2.45) is 7.05 Å². The van der Waals surface area contributed by atoms with Gasteiger partial charge in [0.15, 0.2) is 23.7 Å². The Morgan fingerprint density at radius 3 is 2.18 bits per heavy atom. The zero-order valence-corrected chi connectivity index (χ0v) is 32.6. The second-order valence-corrected chi connectivity index (χ2v) is 17.5. The first-order chi connectivity index (χ1) is 26.1. The number of phosphoric ester groups is 2. The number of rotatable bonds is 15. The van der Waals surface area contributed by atoms with E-state index in [1.54, 1.807) is 13.8 Å². The van der Waals surface area contributed by atoms with Crippen LogP contribution >= 0.6 is 23.5 Å². The predicted octanol–water partition coefficient (Wildman–Crippen LogP) is -1.73. The summed E-state index contributed by atoms with van der Waals surface area (Å²) >= 11 is 0. The summed E-state index contributed by atoms with van der Waals surface area (Å²) in [7, 11) is -14.5. The van der Waals surface area contributed by atoms with E-state index in [9.17, 15) is 48.2 Å². The van der Waals surface area contributed by atoms with Crippen LogP contribution in [0.5, 0.6) is 0 Å². The predicted molar refractivity (Wildman–Crippen MR) is 183 cm³/mol. The lowest BCUT2D eigenvalue weighted by molar-refractivity contribution is -0.745. The maximum Gasteiger partial charge on any atom is 0.490 e. The smallest absolute Gasteiger partial charge is 0.386 e. The summed E-state index contributed by atoms with van der Waals surface area (Å²) in [5, 5.41) is 22.1. The third-order valence-corrected chi connectivity index (χ3v) is 12.7. The Labute approximate surface area is 313 Å². The first kappa shape index (κ1) is 42.3. The summed E-state index contributed by atoms with van der Waals surface area (Å²) in [6, 6.07) is 0. The van der Waals surface area contributed by atoms with Gasteiger partial charge in [-0.3, -0.25) is 32.8 Å². The topological polar surface area (TPSA) is 370 Å². The van der Waals surface area contributed by atoms with Crippen LogP contribution in [-0.2, 0) is 57.4 Å². The molecule has 0 spiro atoms. The summed E-state index contributed by atoms with van der Waals surface area (Å²) in [5.74, 6) is -0.00246. The Hall–Kier alpha value is -3.33. The second kappa shape index (κ2) is 15.8. The minimum atomic E-state index is -5.96. The molecule has 310 valence electrons. The van der Waals surface area contributed by atoms with E-state index in [1.165, 1.54) is 47.4 Å². The van der Waals surface area contributed by atoms with Gasteiger partial charge in [-0.25, -0.2) is 28.2 Å². The molecule has 4 aromatic heterocycles. The number of phosphoric acid groups is 3. The number of aliphatic hydroxyl groups is 2. The summed E-state index contributed by atoms with van der Waals surface area (Å²) in [6.45, 7) is 2.92. The van der Waals surface area contributed by atoms with Crippen molar-refractivity contribution >= 4 is 51.7 Å². The van der Waals surface area contributed by atoms with Gasteiger partial charge in [-0.05, 0) is 20.8 Å². The number of aryl methyl sites for hydroxylation is 2. The minimum absolute atomic E-state index is 0.00913. The average molecular weight is 859 g/mol. The fourth-order valence-corrected chi connectivity index (χ4v) is 9.80. The lowest BCUT2D eigenvalue weighted by atomic mass is 10.1. The van der Waals surface area contributed by atoms with Gasteiger partial charge in [0.2, 0.25) is 11.7 Å². The van der Waals surface area contributed by atoms with Gasteiger partial charge in [-0.1, -0.05) is 4.98 Å². The molecule has 2 fully saturated rings. The van der Waals surface area contributed by atoms with Gasteiger partial charge in [0, 0.05) is 7.11 Å². The Kier molecular flexibility index (Phi) is 11.9. The average Bonchev–Trinajstić information content (AvgIpc) is 3.80. The van der Waals surface area contributed by atoms with Crippen molar-refractivity contribution in [3.63, 3.8) is 0 Å². The molecule has 0 aromatic carbocycles. The number of imidazole rings is 2. The van der Waals surface area contributed by atoms with Gasteiger partial charge in [0.05, 0.1) is 32.7 Å². The molecule has 2 saturated heterocycles. The van der Waals surface area contributed by atoms with Crippen molar-refractivity contribution in [1.29, 1.82) is 0 Å². The van der Waals surface area contributed by atoms with Crippen LogP contribution in [0.1, 0.15) is 32.1 Å². The molecular formula is C26H39N9O18P3+. The first-order valence-corrected chi connectivity index (χ1v) is 20.8. The zero-order valence-electron chi connectivity index (χ0n) is 29.9. The van der Waals surface area contributed by atoms with Crippen molar-refractivity contribution < 1.29 is 79.8 Å². The van der Waals surface area contributed by atoms with Gasteiger partial charge in [0.25, 0.3) is 17.1 Å². The van der Waals surface area contributed by atoms with Crippen LogP contribution in [0.3, 0.4) is 0 Å². The van der Waals surface area contributed by atoms with Crippen LogP contribution in [0.4, 0.5) is 5.95 Å². The number of anilines is 1. The summed E-state index contributed by atoms with van der Waals surface area (Å²) in [5.41, 5.74) is 4.58. The number of methoxy groups -OCH3 is 1. The molecule has 0 aliphatic carbocycles. The Morgan fingerprint density at radius 2 is 1.57 bits per heavy atom. The molecule has 4 aromatic rings.